The van der Waals surface area contributed by atoms with E-state index in [1.165, 1.54) is 28.2 Å². The molecule has 0 aromatic heterocycles. The Balaban J connectivity index is 2.30. The van der Waals surface area contributed by atoms with E-state index in [9.17, 15) is 0 Å². The quantitative estimate of drug-likeness (QED) is 0.649. The molecule has 0 fully saturated rings. The molecule has 0 atom stereocenters. The Hall–Kier alpha value is -1.56. The molecule has 79 valence electrons. The molecule has 0 saturated heterocycles. The van der Waals surface area contributed by atoms with Gasteiger partial charge in [-0.25, -0.2) is 0 Å². The van der Waals surface area contributed by atoms with Gasteiger partial charge in [-0.05, 0) is 28.2 Å². The summed E-state index contributed by atoms with van der Waals surface area (Å²) in [4.78, 5) is 0. The highest BCUT2D eigenvalue weighted by Gasteiger charge is 2.29. The van der Waals surface area contributed by atoms with Gasteiger partial charge in [0.25, 0.3) is 0 Å². The van der Waals surface area contributed by atoms with Crippen LogP contribution in [-0.4, -0.2) is 0 Å². The highest BCUT2D eigenvalue weighted by atomic mass is 14.3. The van der Waals surface area contributed by atoms with E-state index in [-0.39, 0.29) is 0 Å². The van der Waals surface area contributed by atoms with Crippen LogP contribution in [0.2, 0.25) is 0 Å². The Kier molecular flexibility index (Phi) is 2.10. The molecule has 0 nitrogen and oxygen atoms in total. The number of benzene rings is 2. The van der Waals surface area contributed by atoms with Crippen LogP contribution in [0, 0.1) is 5.92 Å². The molecule has 0 spiro atoms. The maximum atomic E-state index is 2.26. The van der Waals surface area contributed by atoms with Crippen molar-refractivity contribution in [3.63, 3.8) is 0 Å². The summed E-state index contributed by atoms with van der Waals surface area (Å²) in [6.45, 7) is 4.45. The monoisotopic (exact) mass is 207 g/mol. The average Bonchev–Trinajstić information content (AvgIpc) is 2.63. The first kappa shape index (κ1) is 9.65. The first-order valence-corrected chi connectivity index (χ1v) is 5.77. The minimum absolute atomic E-state index is 0.493. The van der Waals surface area contributed by atoms with Gasteiger partial charge >= 0.3 is 0 Å². The van der Waals surface area contributed by atoms with Crippen molar-refractivity contribution < 1.29 is 0 Å². The highest BCUT2D eigenvalue weighted by Crippen LogP contribution is 2.48. The maximum absolute atomic E-state index is 2.26. The summed E-state index contributed by atoms with van der Waals surface area (Å²) in [5.41, 5.74) is 5.74. The molecular formula is C16H15. The Morgan fingerprint density at radius 1 is 0.750 bits per heavy atom. The topological polar surface area (TPSA) is 0 Å². The molecule has 0 N–H and O–H groups in total. The standard InChI is InChI=1S/C16H15/c1-11(2)16-14-9-5-3-7-12(14)13-8-4-6-10-15(13)16/h3-10,16H,1-2H3. The molecule has 0 saturated carbocycles. The lowest BCUT2D eigenvalue weighted by atomic mass is 9.87. The lowest BCUT2D eigenvalue weighted by Crippen LogP contribution is -2.02. The average molecular weight is 207 g/mol. The van der Waals surface area contributed by atoms with E-state index in [2.05, 4.69) is 62.4 Å². The predicted octanol–water partition coefficient (Wildman–Crippen LogP) is 4.41. The predicted molar refractivity (Wildman–Crippen MR) is 68.3 cm³/mol. The Morgan fingerprint density at radius 2 is 1.19 bits per heavy atom. The van der Waals surface area contributed by atoms with E-state index in [4.69, 9.17) is 0 Å². The largest absolute Gasteiger partial charge is 0.0619 e. The van der Waals surface area contributed by atoms with Gasteiger partial charge in [-0.15, -0.1) is 0 Å². The summed E-state index contributed by atoms with van der Waals surface area (Å²) in [7, 11) is 0. The fourth-order valence-corrected chi connectivity index (χ4v) is 2.78. The molecule has 2 aromatic carbocycles. The van der Waals surface area contributed by atoms with Gasteiger partial charge in [-0.3, -0.25) is 0 Å². The third-order valence-corrected chi connectivity index (χ3v) is 3.41. The van der Waals surface area contributed by atoms with Gasteiger partial charge in [0.05, 0.1) is 0 Å². The van der Waals surface area contributed by atoms with Crippen LogP contribution in [0.15, 0.2) is 48.5 Å². The molecule has 1 radical (unpaired) electrons. The van der Waals surface area contributed by atoms with Gasteiger partial charge in [0, 0.05) is 5.92 Å². The number of hydrogen-bond acceptors (Lipinski definition) is 0. The van der Waals surface area contributed by atoms with Crippen molar-refractivity contribution in [1.82, 2.24) is 0 Å². The molecule has 2 aromatic rings. The molecular weight excluding hydrogens is 192 g/mol. The summed E-state index contributed by atoms with van der Waals surface area (Å²) < 4.78 is 0. The van der Waals surface area contributed by atoms with Crippen molar-refractivity contribution in [2.75, 3.05) is 0 Å². The van der Waals surface area contributed by atoms with Crippen molar-refractivity contribution in [3.05, 3.63) is 65.6 Å². The molecule has 0 heterocycles. The lowest BCUT2D eigenvalue weighted by Gasteiger charge is -2.16. The summed E-state index contributed by atoms with van der Waals surface area (Å²) in [6.07, 6.45) is 0. The van der Waals surface area contributed by atoms with E-state index in [1.54, 1.807) is 0 Å². The van der Waals surface area contributed by atoms with Crippen LogP contribution >= 0.6 is 0 Å². The zero-order valence-electron chi connectivity index (χ0n) is 9.70. The van der Waals surface area contributed by atoms with Crippen LogP contribution in [0.25, 0.3) is 11.1 Å². The van der Waals surface area contributed by atoms with E-state index in [1.807, 2.05) is 0 Å². The van der Waals surface area contributed by atoms with Crippen molar-refractivity contribution >= 4 is 0 Å². The van der Waals surface area contributed by atoms with Gasteiger partial charge in [-0.2, -0.15) is 0 Å². The maximum Gasteiger partial charge on any atom is 0.0158 e. The SMILES string of the molecule is C[C](C)C1c2ccccc2-c2ccccc21. The normalized spacial score (nSPS) is 13.9. The van der Waals surface area contributed by atoms with Gasteiger partial charge in [-0.1, -0.05) is 62.4 Å². The third kappa shape index (κ3) is 1.23. The zero-order valence-corrected chi connectivity index (χ0v) is 9.70. The van der Waals surface area contributed by atoms with Crippen LogP contribution in [-0.2, 0) is 0 Å². The minimum Gasteiger partial charge on any atom is -0.0619 e. The van der Waals surface area contributed by atoms with E-state index in [0.29, 0.717) is 5.92 Å². The first-order chi connectivity index (χ1) is 7.79. The molecule has 1 aliphatic rings. The van der Waals surface area contributed by atoms with Crippen LogP contribution in [0.5, 0.6) is 0 Å². The second-order valence-corrected chi connectivity index (χ2v) is 4.68. The number of rotatable bonds is 1. The van der Waals surface area contributed by atoms with E-state index in [0.717, 1.165) is 0 Å². The first-order valence-electron chi connectivity index (χ1n) is 5.77. The minimum atomic E-state index is 0.493. The molecule has 0 heteroatoms. The lowest BCUT2D eigenvalue weighted by molar-refractivity contribution is 0.839. The molecule has 3 rings (SSSR count). The van der Waals surface area contributed by atoms with E-state index < -0.39 is 0 Å². The van der Waals surface area contributed by atoms with E-state index >= 15 is 0 Å². The molecule has 0 aliphatic heterocycles. The summed E-state index contributed by atoms with van der Waals surface area (Å²) in [5, 5.41) is 0. The van der Waals surface area contributed by atoms with Gasteiger partial charge in [0.2, 0.25) is 0 Å². The Morgan fingerprint density at radius 3 is 1.62 bits per heavy atom. The molecule has 16 heavy (non-hydrogen) atoms. The third-order valence-electron chi connectivity index (χ3n) is 3.41. The van der Waals surface area contributed by atoms with Crippen LogP contribution in [0.3, 0.4) is 0 Å². The van der Waals surface area contributed by atoms with Crippen LogP contribution < -0.4 is 0 Å². The molecule has 0 bridgehead atoms. The van der Waals surface area contributed by atoms with Crippen molar-refractivity contribution in [1.29, 1.82) is 0 Å². The summed E-state index contributed by atoms with van der Waals surface area (Å²) in [6, 6.07) is 17.5. The number of fused-ring (bicyclic) bond motifs is 3. The Labute approximate surface area is 96.9 Å². The zero-order chi connectivity index (χ0) is 11.1. The van der Waals surface area contributed by atoms with Crippen LogP contribution in [0.4, 0.5) is 0 Å². The second-order valence-electron chi connectivity index (χ2n) is 4.68. The Bertz CT molecular complexity index is 478. The second kappa shape index (κ2) is 3.48. The molecule has 1 aliphatic carbocycles. The smallest absolute Gasteiger partial charge is 0.0158 e. The number of hydrogen-bond donors (Lipinski definition) is 0. The fourth-order valence-electron chi connectivity index (χ4n) is 2.78. The summed E-state index contributed by atoms with van der Waals surface area (Å²) >= 11 is 0. The van der Waals surface area contributed by atoms with Gasteiger partial charge < -0.3 is 0 Å². The van der Waals surface area contributed by atoms with Crippen molar-refractivity contribution in [2.24, 2.45) is 0 Å². The molecule has 0 unspecified atom stereocenters. The van der Waals surface area contributed by atoms with Crippen molar-refractivity contribution in [3.8, 4) is 11.1 Å². The fraction of sp³-hybridized carbons (Fsp3) is 0.188. The summed E-state index contributed by atoms with van der Waals surface area (Å²) in [5.74, 6) is 1.96. The van der Waals surface area contributed by atoms with Gasteiger partial charge in [0.1, 0.15) is 0 Å². The molecule has 0 amide bonds. The van der Waals surface area contributed by atoms with Crippen LogP contribution in [0.1, 0.15) is 30.9 Å². The highest BCUT2D eigenvalue weighted by molar-refractivity contribution is 5.79. The van der Waals surface area contributed by atoms with Gasteiger partial charge in [0.15, 0.2) is 0 Å². The van der Waals surface area contributed by atoms with Crippen molar-refractivity contribution in [2.45, 2.75) is 19.8 Å².